The Labute approximate surface area is 243 Å². The number of amides is 1. The second-order valence-electron chi connectivity index (χ2n) is 9.80. The molecule has 4 rings (SSSR count). The lowest BCUT2D eigenvalue weighted by Gasteiger charge is -2.26. The maximum absolute atomic E-state index is 13.7. The molecule has 0 unspecified atom stereocenters. The van der Waals surface area contributed by atoms with Crippen LogP contribution in [0.15, 0.2) is 66.7 Å². The second-order valence-corrected chi connectivity index (χ2v) is 9.80. The molecular weight excluding hydrogens is 616 g/mol. The number of anilines is 1. The molecule has 1 aromatic heterocycles. The van der Waals surface area contributed by atoms with Crippen LogP contribution in [0.1, 0.15) is 29.4 Å². The van der Waals surface area contributed by atoms with E-state index in [0.29, 0.717) is 0 Å². The van der Waals surface area contributed by atoms with E-state index in [2.05, 4.69) is 14.5 Å². The molecule has 238 valence electrons. The zero-order valence-electron chi connectivity index (χ0n) is 22.6. The van der Waals surface area contributed by atoms with Crippen molar-refractivity contribution in [2.75, 3.05) is 18.5 Å². The molecule has 2 aromatic carbocycles. The molecule has 2 atom stereocenters. The fourth-order valence-corrected chi connectivity index (χ4v) is 4.71. The third-order valence-electron chi connectivity index (χ3n) is 6.73. The third-order valence-corrected chi connectivity index (χ3v) is 6.73. The Balaban J connectivity index is 1.62. The molecular formula is C28H23F10N3O3. The van der Waals surface area contributed by atoms with Crippen molar-refractivity contribution in [2.24, 2.45) is 0 Å². The van der Waals surface area contributed by atoms with E-state index in [-0.39, 0.29) is 36.3 Å². The average molecular weight is 639 g/mol. The molecule has 0 spiro atoms. The molecule has 1 saturated heterocycles. The smallest absolute Gasteiger partial charge is 0.428 e. The fourth-order valence-electron chi connectivity index (χ4n) is 4.71. The Bertz CT molecular complexity index is 1450. The number of aromatic nitrogens is 1. The fraction of sp³-hybridized carbons (Fsp3) is 0.357. The van der Waals surface area contributed by atoms with Crippen LogP contribution >= 0.6 is 0 Å². The van der Waals surface area contributed by atoms with Gasteiger partial charge in [0.25, 0.3) is 0 Å². The van der Waals surface area contributed by atoms with Crippen LogP contribution in [-0.4, -0.2) is 54.3 Å². The van der Waals surface area contributed by atoms with Gasteiger partial charge in [0.15, 0.2) is 0 Å². The van der Waals surface area contributed by atoms with Gasteiger partial charge in [0.2, 0.25) is 5.91 Å². The van der Waals surface area contributed by atoms with E-state index in [4.69, 9.17) is 0 Å². The summed E-state index contributed by atoms with van der Waals surface area (Å²) in [6.45, 7) is 0.0629. The normalized spacial score (nSPS) is 17.9. The lowest BCUT2D eigenvalue weighted by atomic mass is 10.0. The van der Waals surface area contributed by atoms with Gasteiger partial charge in [-0.3, -0.25) is 9.69 Å². The van der Waals surface area contributed by atoms with Gasteiger partial charge in [-0.25, -0.2) is 4.98 Å². The summed E-state index contributed by atoms with van der Waals surface area (Å²) in [4.78, 5) is 20.1. The molecule has 1 aliphatic rings. The molecule has 3 aromatic rings. The SMILES string of the molecule is CN(CCc1cccc(C(F)(F)F)n1)[C@@H]1C[C@H](c2cccc(OC(F)(F)C(F)F)c2)N(c2ccc(OC(F)(F)F)cc2)C1=O. The number of alkyl halides is 10. The van der Waals surface area contributed by atoms with Crippen LogP contribution in [0.4, 0.5) is 49.6 Å². The van der Waals surface area contributed by atoms with Crippen LogP contribution in [0.3, 0.4) is 0 Å². The van der Waals surface area contributed by atoms with Gasteiger partial charge in [0, 0.05) is 24.3 Å². The van der Waals surface area contributed by atoms with Crippen molar-refractivity contribution in [3.8, 4) is 11.5 Å². The number of halogens is 10. The molecule has 0 radical (unpaired) electrons. The number of hydrogen-bond acceptors (Lipinski definition) is 5. The summed E-state index contributed by atoms with van der Waals surface area (Å²) >= 11 is 0. The number of rotatable bonds is 10. The number of carbonyl (C=O) groups is 1. The maximum Gasteiger partial charge on any atom is 0.573 e. The first kappa shape index (κ1) is 32.8. The Morgan fingerprint density at radius 3 is 2.18 bits per heavy atom. The third kappa shape index (κ3) is 7.89. The van der Waals surface area contributed by atoms with Gasteiger partial charge < -0.3 is 14.4 Å². The zero-order valence-corrected chi connectivity index (χ0v) is 22.6. The van der Waals surface area contributed by atoms with Crippen molar-refractivity contribution in [1.82, 2.24) is 9.88 Å². The van der Waals surface area contributed by atoms with Gasteiger partial charge in [-0.15, -0.1) is 13.2 Å². The first-order chi connectivity index (χ1) is 20.4. The van der Waals surface area contributed by atoms with Gasteiger partial charge in [0.1, 0.15) is 17.2 Å². The van der Waals surface area contributed by atoms with Gasteiger partial charge >= 0.3 is 25.1 Å². The van der Waals surface area contributed by atoms with Crippen LogP contribution < -0.4 is 14.4 Å². The lowest BCUT2D eigenvalue weighted by molar-refractivity contribution is -0.274. The van der Waals surface area contributed by atoms with Crippen molar-refractivity contribution < 1.29 is 58.2 Å². The number of hydrogen-bond donors (Lipinski definition) is 0. The summed E-state index contributed by atoms with van der Waals surface area (Å²) in [6.07, 6.45) is -18.6. The Hall–Kier alpha value is -4.08. The minimum atomic E-state index is -4.98. The van der Waals surface area contributed by atoms with Crippen LogP contribution in [0.2, 0.25) is 0 Å². The molecule has 6 nitrogen and oxygen atoms in total. The van der Waals surface area contributed by atoms with Gasteiger partial charge in [-0.05, 0) is 67.6 Å². The van der Waals surface area contributed by atoms with E-state index in [1.807, 2.05) is 0 Å². The highest BCUT2D eigenvalue weighted by Gasteiger charge is 2.45. The van der Waals surface area contributed by atoms with E-state index in [1.54, 1.807) is 4.90 Å². The standard InChI is InChI=1S/C28H23F10N3O3/c1-40(13-12-17-5-3-7-23(39-17)26(31,32)33)22-15-21(16-4-2-6-20(14-16)43-27(34,35)25(29)30)41(24(22)42)18-8-10-19(11-9-18)44-28(36,37)38/h2-11,14,21-22,25H,12-13,15H2,1H3/t21-,22-/m1/s1. The molecule has 0 N–H and O–H groups in total. The summed E-state index contributed by atoms with van der Waals surface area (Å²) in [5.74, 6) is -1.76. The summed E-state index contributed by atoms with van der Waals surface area (Å²) in [7, 11) is 1.53. The topological polar surface area (TPSA) is 54.9 Å². The Kier molecular flexibility index (Phi) is 9.32. The lowest BCUT2D eigenvalue weighted by Crippen LogP contribution is -2.40. The molecule has 16 heteroatoms. The highest BCUT2D eigenvalue weighted by atomic mass is 19.4. The summed E-state index contributed by atoms with van der Waals surface area (Å²) in [5, 5.41) is 0. The minimum Gasteiger partial charge on any atom is -0.428 e. The molecule has 0 bridgehead atoms. The number of nitrogens with zero attached hydrogens (tertiary/aromatic N) is 3. The quantitative estimate of drug-likeness (QED) is 0.219. The van der Waals surface area contributed by atoms with Gasteiger partial charge in [0.05, 0.1) is 12.1 Å². The maximum atomic E-state index is 13.7. The number of benzene rings is 2. The predicted octanol–water partition coefficient (Wildman–Crippen LogP) is 7.26. The van der Waals surface area contributed by atoms with Crippen LogP contribution in [0.25, 0.3) is 0 Å². The number of pyridine rings is 1. The Morgan fingerprint density at radius 1 is 0.909 bits per heavy atom. The second kappa shape index (κ2) is 12.5. The molecule has 1 amide bonds. The molecule has 44 heavy (non-hydrogen) atoms. The van der Waals surface area contributed by atoms with Crippen molar-refractivity contribution in [2.45, 2.75) is 50.0 Å². The molecule has 0 saturated carbocycles. The van der Waals surface area contributed by atoms with E-state index >= 15 is 0 Å². The van der Waals surface area contributed by atoms with E-state index in [1.165, 1.54) is 48.3 Å². The van der Waals surface area contributed by atoms with E-state index in [9.17, 15) is 48.7 Å². The molecule has 1 aliphatic heterocycles. The highest BCUT2D eigenvalue weighted by Crippen LogP contribution is 2.41. The largest absolute Gasteiger partial charge is 0.573 e. The van der Waals surface area contributed by atoms with Crippen LogP contribution in [0.5, 0.6) is 11.5 Å². The zero-order chi connectivity index (χ0) is 32.4. The van der Waals surface area contributed by atoms with E-state index < -0.39 is 60.3 Å². The van der Waals surface area contributed by atoms with Crippen molar-refractivity contribution >= 4 is 11.6 Å². The van der Waals surface area contributed by atoms with Crippen molar-refractivity contribution in [3.63, 3.8) is 0 Å². The van der Waals surface area contributed by atoms with Crippen LogP contribution in [-0.2, 0) is 17.4 Å². The number of carbonyl (C=O) groups excluding carboxylic acids is 1. The van der Waals surface area contributed by atoms with Gasteiger partial charge in [-0.2, -0.15) is 30.7 Å². The number of ether oxygens (including phenoxy) is 2. The molecule has 1 fully saturated rings. The van der Waals surface area contributed by atoms with Crippen molar-refractivity contribution in [1.29, 1.82) is 0 Å². The van der Waals surface area contributed by atoms with Gasteiger partial charge in [-0.1, -0.05) is 18.2 Å². The summed E-state index contributed by atoms with van der Waals surface area (Å²) < 4.78 is 138. The number of likely N-dealkylation sites (N-methyl/N-ethyl adjacent to an activating group) is 1. The van der Waals surface area contributed by atoms with Crippen LogP contribution in [0, 0.1) is 0 Å². The Morgan fingerprint density at radius 2 is 1.57 bits per heavy atom. The predicted molar refractivity (Wildman–Crippen MR) is 135 cm³/mol. The van der Waals surface area contributed by atoms with E-state index in [0.717, 1.165) is 30.3 Å². The van der Waals surface area contributed by atoms with Crippen molar-refractivity contribution in [3.05, 3.63) is 83.7 Å². The summed E-state index contributed by atoms with van der Waals surface area (Å²) in [6, 6.07) is 10.5. The average Bonchev–Trinajstić information content (AvgIpc) is 3.28. The first-order valence-electron chi connectivity index (χ1n) is 12.8. The minimum absolute atomic E-state index is 0.0130. The first-order valence-corrected chi connectivity index (χ1v) is 12.8. The monoisotopic (exact) mass is 639 g/mol. The molecule has 2 heterocycles. The highest BCUT2D eigenvalue weighted by molar-refractivity contribution is 6.00. The molecule has 0 aliphatic carbocycles. The summed E-state index contributed by atoms with van der Waals surface area (Å²) in [5.41, 5.74) is -0.685.